The monoisotopic (exact) mass is 735 g/mol. The third-order valence-corrected chi connectivity index (χ3v) is 13.2. The molecule has 4 heterocycles. The highest BCUT2D eigenvalue weighted by molar-refractivity contribution is 7.27. The Kier molecular flexibility index (Phi) is 6.67. The molecule has 5 heteroatoms. The molecule has 0 radical (unpaired) electrons. The number of hydrogen-bond acceptors (Lipinski definition) is 4. The van der Waals surface area contributed by atoms with Crippen molar-refractivity contribution in [1.29, 1.82) is 0 Å². The molecule has 0 unspecified atom stereocenters. The lowest BCUT2D eigenvalue weighted by atomic mass is 9.94. The van der Waals surface area contributed by atoms with Crippen LogP contribution in [-0.4, -0.2) is 14.5 Å². The van der Waals surface area contributed by atoms with Crippen molar-refractivity contribution in [3.63, 3.8) is 0 Å². The lowest BCUT2D eigenvalue weighted by molar-refractivity contribution is 1.02. The molecule has 0 atom stereocenters. The number of benzene rings is 8. The Balaban J connectivity index is 1.25. The van der Waals surface area contributed by atoms with Gasteiger partial charge in [-0.1, -0.05) is 140 Å². The molecule has 0 aliphatic rings. The van der Waals surface area contributed by atoms with Gasteiger partial charge in [0.1, 0.15) is 4.83 Å². The minimum atomic E-state index is 0.681. The first kappa shape index (κ1) is 30.8. The number of rotatable bonds is 4. The summed E-state index contributed by atoms with van der Waals surface area (Å²) < 4.78 is 6.08. The van der Waals surface area contributed by atoms with Crippen LogP contribution in [0.1, 0.15) is 0 Å². The van der Waals surface area contributed by atoms with Crippen molar-refractivity contribution in [2.75, 3.05) is 0 Å². The standard InChI is InChI=1S/C50H29N3S2/c1-3-15-30(16-4-1)32-27-33(31-17-5-2-6-18-31)29-34(28-32)46-45-39-23-11-14-26-42(39)55-49(45)52-50(51-46)53-40-24-12-9-21-37(40)43-35-19-7-8-20-36(35)44-38-22-10-13-25-41(38)54-48(44)47(43)53/h1-29H. The zero-order chi connectivity index (χ0) is 36.0. The molecule has 0 saturated carbocycles. The summed E-state index contributed by atoms with van der Waals surface area (Å²) >= 11 is 3.61. The molecule has 0 aliphatic carbocycles. The molecule has 55 heavy (non-hydrogen) atoms. The van der Waals surface area contributed by atoms with Crippen molar-refractivity contribution in [2.45, 2.75) is 0 Å². The molecule has 12 rings (SSSR count). The van der Waals surface area contributed by atoms with E-state index in [4.69, 9.17) is 9.97 Å². The second kappa shape index (κ2) is 11.9. The van der Waals surface area contributed by atoms with Crippen LogP contribution in [0.5, 0.6) is 0 Å². The fourth-order valence-electron chi connectivity index (χ4n) is 8.61. The smallest absolute Gasteiger partial charge is 0.236 e. The van der Waals surface area contributed by atoms with E-state index < -0.39 is 0 Å². The van der Waals surface area contributed by atoms with E-state index in [9.17, 15) is 0 Å². The Morgan fingerprint density at radius 2 is 0.891 bits per heavy atom. The average Bonchev–Trinajstić information content (AvgIpc) is 3.94. The number of nitrogens with zero attached hydrogens (tertiary/aromatic N) is 3. The average molecular weight is 736 g/mol. The van der Waals surface area contributed by atoms with Crippen LogP contribution in [0.15, 0.2) is 176 Å². The maximum atomic E-state index is 5.71. The summed E-state index contributed by atoms with van der Waals surface area (Å²) in [7, 11) is 0. The molecule has 0 saturated heterocycles. The number of para-hydroxylation sites is 1. The molecule has 0 N–H and O–H groups in total. The van der Waals surface area contributed by atoms with Gasteiger partial charge in [0.2, 0.25) is 5.95 Å². The van der Waals surface area contributed by atoms with Crippen molar-refractivity contribution < 1.29 is 0 Å². The zero-order valence-corrected chi connectivity index (χ0v) is 31.0. The van der Waals surface area contributed by atoms with Gasteiger partial charge in [0.15, 0.2) is 0 Å². The highest BCUT2D eigenvalue weighted by Crippen LogP contribution is 2.48. The summed E-state index contributed by atoms with van der Waals surface area (Å²) in [4.78, 5) is 12.2. The number of fused-ring (bicyclic) bond motifs is 13. The predicted molar refractivity (Wildman–Crippen MR) is 236 cm³/mol. The van der Waals surface area contributed by atoms with E-state index in [1.165, 1.54) is 62.9 Å². The molecular formula is C50H29N3S2. The van der Waals surface area contributed by atoms with Gasteiger partial charge in [-0.3, -0.25) is 4.57 Å². The highest BCUT2D eigenvalue weighted by atomic mass is 32.1. The van der Waals surface area contributed by atoms with Gasteiger partial charge in [0.25, 0.3) is 0 Å². The molecule has 256 valence electrons. The topological polar surface area (TPSA) is 30.7 Å². The van der Waals surface area contributed by atoms with Gasteiger partial charge >= 0.3 is 0 Å². The first-order valence-electron chi connectivity index (χ1n) is 18.5. The summed E-state index contributed by atoms with van der Waals surface area (Å²) in [6.45, 7) is 0. The highest BCUT2D eigenvalue weighted by Gasteiger charge is 2.25. The minimum Gasteiger partial charge on any atom is -0.276 e. The Labute approximate surface area is 324 Å². The lowest BCUT2D eigenvalue weighted by Crippen LogP contribution is -2.03. The van der Waals surface area contributed by atoms with E-state index in [0.717, 1.165) is 43.6 Å². The van der Waals surface area contributed by atoms with Crippen LogP contribution in [0.2, 0.25) is 0 Å². The summed E-state index contributed by atoms with van der Waals surface area (Å²) in [5.41, 5.74) is 8.91. The molecule has 4 aromatic heterocycles. The second-order valence-electron chi connectivity index (χ2n) is 14.1. The van der Waals surface area contributed by atoms with Gasteiger partial charge in [0.05, 0.1) is 21.4 Å². The van der Waals surface area contributed by atoms with Crippen molar-refractivity contribution in [1.82, 2.24) is 14.5 Å². The van der Waals surface area contributed by atoms with Gasteiger partial charge < -0.3 is 0 Å². The van der Waals surface area contributed by atoms with E-state index in [1.54, 1.807) is 11.3 Å². The molecule has 0 aliphatic heterocycles. The molecule has 8 aromatic carbocycles. The maximum Gasteiger partial charge on any atom is 0.236 e. The lowest BCUT2D eigenvalue weighted by Gasteiger charge is -2.14. The summed E-state index contributed by atoms with van der Waals surface area (Å²) in [5.74, 6) is 0.681. The molecule has 12 aromatic rings. The quantitative estimate of drug-likeness (QED) is 0.180. The van der Waals surface area contributed by atoms with Crippen LogP contribution in [0.4, 0.5) is 0 Å². The van der Waals surface area contributed by atoms with Crippen LogP contribution in [-0.2, 0) is 0 Å². The maximum absolute atomic E-state index is 5.71. The molecular weight excluding hydrogens is 707 g/mol. The van der Waals surface area contributed by atoms with E-state index in [0.29, 0.717) is 5.95 Å². The predicted octanol–water partition coefficient (Wildman–Crippen LogP) is 14.5. The van der Waals surface area contributed by atoms with Crippen LogP contribution < -0.4 is 0 Å². The second-order valence-corrected chi connectivity index (χ2v) is 16.2. The van der Waals surface area contributed by atoms with E-state index in [2.05, 4.69) is 180 Å². The van der Waals surface area contributed by atoms with Gasteiger partial charge in [-0.15, -0.1) is 22.7 Å². The molecule has 3 nitrogen and oxygen atoms in total. The Hall–Kier alpha value is -6.66. The Morgan fingerprint density at radius 1 is 0.382 bits per heavy atom. The van der Waals surface area contributed by atoms with Gasteiger partial charge in [-0.2, -0.15) is 0 Å². The van der Waals surface area contributed by atoms with Gasteiger partial charge in [-0.25, -0.2) is 9.97 Å². The van der Waals surface area contributed by atoms with Crippen LogP contribution in [0.25, 0.3) is 113 Å². The molecule has 0 fully saturated rings. The van der Waals surface area contributed by atoms with Crippen LogP contribution in [0, 0.1) is 0 Å². The Morgan fingerprint density at radius 3 is 1.56 bits per heavy atom. The largest absolute Gasteiger partial charge is 0.276 e. The first-order chi connectivity index (χ1) is 27.3. The number of hydrogen-bond donors (Lipinski definition) is 0. The SMILES string of the molecule is c1ccc(-c2cc(-c3ccccc3)cc(-c3nc(-n4c5ccccc5c5c6ccccc6c6c7ccccc7sc6c54)nc4sc5ccccc5c34)c2)cc1. The summed E-state index contributed by atoms with van der Waals surface area (Å²) in [5, 5.41) is 9.80. The summed E-state index contributed by atoms with van der Waals surface area (Å²) in [6.07, 6.45) is 0. The summed E-state index contributed by atoms with van der Waals surface area (Å²) in [6, 6.07) is 63.4. The van der Waals surface area contributed by atoms with Gasteiger partial charge in [0, 0.05) is 47.3 Å². The zero-order valence-electron chi connectivity index (χ0n) is 29.4. The normalized spacial score (nSPS) is 12.0. The minimum absolute atomic E-state index is 0.681. The van der Waals surface area contributed by atoms with E-state index >= 15 is 0 Å². The number of aromatic nitrogens is 3. The van der Waals surface area contributed by atoms with Crippen LogP contribution in [0.3, 0.4) is 0 Å². The third kappa shape index (κ3) is 4.61. The van der Waals surface area contributed by atoms with Gasteiger partial charge in [-0.05, 0) is 69.4 Å². The molecule has 0 spiro atoms. The van der Waals surface area contributed by atoms with E-state index in [-0.39, 0.29) is 0 Å². The fourth-order valence-corrected chi connectivity index (χ4v) is 10.9. The molecule has 0 bridgehead atoms. The van der Waals surface area contributed by atoms with Crippen molar-refractivity contribution in [3.05, 3.63) is 176 Å². The fraction of sp³-hybridized carbons (Fsp3) is 0. The van der Waals surface area contributed by atoms with Crippen molar-refractivity contribution in [2.24, 2.45) is 0 Å². The third-order valence-electron chi connectivity index (χ3n) is 11.0. The van der Waals surface area contributed by atoms with Crippen LogP contribution >= 0.6 is 22.7 Å². The Bertz CT molecular complexity index is 3430. The van der Waals surface area contributed by atoms with E-state index in [1.807, 2.05) is 11.3 Å². The first-order valence-corrected chi connectivity index (χ1v) is 20.1. The number of thiophene rings is 2. The van der Waals surface area contributed by atoms with Crippen molar-refractivity contribution in [3.8, 4) is 39.5 Å². The molecule has 0 amide bonds. The van der Waals surface area contributed by atoms with Crippen molar-refractivity contribution >= 4 is 95.7 Å².